The fourth-order valence-electron chi connectivity index (χ4n) is 2.98. The van der Waals surface area contributed by atoms with Crippen LogP contribution >= 0.6 is 22.9 Å². The van der Waals surface area contributed by atoms with Crippen LogP contribution in [-0.2, 0) is 14.6 Å². The SMILES string of the molecule is CS(=O)(=O)c1csc(C(=O)N2CCC(N3CCOC3=O)CC2)c1Cl. The summed E-state index contributed by atoms with van der Waals surface area (Å²) in [5.74, 6) is -0.262. The zero-order chi connectivity index (χ0) is 17.5. The van der Waals surface area contributed by atoms with Crippen molar-refractivity contribution in [3.63, 3.8) is 0 Å². The number of cyclic esters (lactones) is 1. The van der Waals surface area contributed by atoms with Gasteiger partial charge in [-0.05, 0) is 12.8 Å². The highest BCUT2D eigenvalue weighted by Gasteiger charge is 2.34. The molecule has 0 bridgehead atoms. The third-order valence-corrected chi connectivity index (χ3v) is 7.13. The maximum absolute atomic E-state index is 12.6. The second-order valence-electron chi connectivity index (χ2n) is 5.85. The van der Waals surface area contributed by atoms with Gasteiger partial charge in [-0.2, -0.15) is 0 Å². The van der Waals surface area contributed by atoms with Crippen molar-refractivity contribution >= 4 is 44.8 Å². The summed E-state index contributed by atoms with van der Waals surface area (Å²) in [5, 5.41) is 1.40. The van der Waals surface area contributed by atoms with Crippen LogP contribution in [0.4, 0.5) is 4.79 Å². The monoisotopic (exact) mass is 392 g/mol. The van der Waals surface area contributed by atoms with Gasteiger partial charge in [0.2, 0.25) is 0 Å². The van der Waals surface area contributed by atoms with Crippen molar-refractivity contribution in [3.05, 3.63) is 15.3 Å². The van der Waals surface area contributed by atoms with Crippen LogP contribution in [0.5, 0.6) is 0 Å². The van der Waals surface area contributed by atoms with E-state index in [9.17, 15) is 18.0 Å². The summed E-state index contributed by atoms with van der Waals surface area (Å²) in [6, 6.07) is 0.0782. The highest BCUT2D eigenvalue weighted by molar-refractivity contribution is 7.91. The van der Waals surface area contributed by atoms with E-state index < -0.39 is 9.84 Å². The van der Waals surface area contributed by atoms with E-state index in [-0.39, 0.29) is 32.8 Å². The van der Waals surface area contributed by atoms with E-state index in [1.165, 1.54) is 5.38 Å². The minimum atomic E-state index is -3.45. The second kappa shape index (κ2) is 6.53. The lowest BCUT2D eigenvalue weighted by Crippen LogP contribution is -2.47. The minimum Gasteiger partial charge on any atom is -0.448 e. The molecule has 0 spiro atoms. The molecule has 1 aromatic heterocycles. The Kier molecular flexibility index (Phi) is 4.76. The fourth-order valence-corrected chi connectivity index (χ4v) is 5.86. The van der Waals surface area contributed by atoms with Gasteiger partial charge in [0.15, 0.2) is 9.84 Å². The van der Waals surface area contributed by atoms with Gasteiger partial charge in [-0.3, -0.25) is 4.79 Å². The Labute approximate surface area is 149 Å². The van der Waals surface area contributed by atoms with Crippen molar-refractivity contribution in [2.75, 3.05) is 32.5 Å². The molecule has 3 rings (SSSR count). The van der Waals surface area contributed by atoms with E-state index in [2.05, 4.69) is 0 Å². The van der Waals surface area contributed by atoms with Crippen LogP contribution in [0.15, 0.2) is 10.3 Å². The first-order valence-electron chi connectivity index (χ1n) is 7.48. The van der Waals surface area contributed by atoms with E-state index in [1.807, 2.05) is 0 Å². The number of likely N-dealkylation sites (tertiary alicyclic amines) is 1. The molecule has 2 aliphatic rings. The van der Waals surface area contributed by atoms with Crippen LogP contribution in [0.2, 0.25) is 5.02 Å². The summed E-state index contributed by atoms with van der Waals surface area (Å²) in [5.41, 5.74) is 0. The Morgan fingerprint density at radius 2 is 2.00 bits per heavy atom. The highest BCUT2D eigenvalue weighted by Crippen LogP contribution is 2.33. The van der Waals surface area contributed by atoms with Gasteiger partial charge in [0.1, 0.15) is 11.5 Å². The molecule has 1 aromatic rings. The molecule has 24 heavy (non-hydrogen) atoms. The van der Waals surface area contributed by atoms with Crippen LogP contribution in [-0.4, -0.2) is 68.8 Å². The van der Waals surface area contributed by atoms with Gasteiger partial charge in [0.05, 0.1) is 16.5 Å². The number of ether oxygens (including phenoxy) is 1. The highest BCUT2D eigenvalue weighted by atomic mass is 35.5. The molecule has 2 aliphatic heterocycles. The minimum absolute atomic E-state index is 0.00209. The van der Waals surface area contributed by atoms with E-state index in [0.717, 1.165) is 17.6 Å². The molecule has 2 saturated heterocycles. The molecular weight excluding hydrogens is 376 g/mol. The van der Waals surface area contributed by atoms with Crippen molar-refractivity contribution in [1.29, 1.82) is 0 Å². The molecule has 3 heterocycles. The van der Waals surface area contributed by atoms with E-state index in [4.69, 9.17) is 16.3 Å². The Morgan fingerprint density at radius 3 is 2.50 bits per heavy atom. The fraction of sp³-hybridized carbons (Fsp3) is 0.571. The van der Waals surface area contributed by atoms with Crippen LogP contribution in [0.3, 0.4) is 0 Å². The van der Waals surface area contributed by atoms with Gasteiger partial charge < -0.3 is 14.5 Å². The molecule has 10 heteroatoms. The molecule has 0 aliphatic carbocycles. The number of thiophene rings is 1. The molecule has 0 atom stereocenters. The third kappa shape index (κ3) is 3.25. The number of carbonyl (C=O) groups excluding carboxylic acids is 2. The van der Waals surface area contributed by atoms with Gasteiger partial charge in [-0.1, -0.05) is 11.6 Å². The zero-order valence-electron chi connectivity index (χ0n) is 13.0. The van der Waals surface area contributed by atoms with Gasteiger partial charge in [-0.15, -0.1) is 11.3 Å². The largest absolute Gasteiger partial charge is 0.448 e. The summed E-state index contributed by atoms with van der Waals surface area (Å²) >= 11 is 7.13. The van der Waals surface area contributed by atoms with Crippen molar-refractivity contribution in [2.24, 2.45) is 0 Å². The van der Waals surface area contributed by atoms with Crippen LogP contribution in [0.25, 0.3) is 0 Å². The Bertz CT molecular complexity index is 768. The van der Waals surface area contributed by atoms with Gasteiger partial charge in [0.25, 0.3) is 5.91 Å². The lowest BCUT2D eigenvalue weighted by atomic mass is 10.0. The molecule has 0 radical (unpaired) electrons. The summed E-state index contributed by atoms with van der Waals surface area (Å²) in [4.78, 5) is 27.8. The number of hydrogen-bond donors (Lipinski definition) is 0. The number of hydrogen-bond acceptors (Lipinski definition) is 6. The van der Waals surface area contributed by atoms with E-state index in [0.29, 0.717) is 39.1 Å². The molecule has 132 valence electrons. The van der Waals surface area contributed by atoms with Gasteiger partial charge in [-0.25, -0.2) is 13.2 Å². The third-order valence-electron chi connectivity index (χ3n) is 4.28. The summed E-state index contributed by atoms with van der Waals surface area (Å²) in [7, 11) is -3.45. The zero-order valence-corrected chi connectivity index (χ0v) is 15.4. The first-order valence-corrected chi connectivity index (χ1v) is 10.6. The van der Waals surface area contributed by atoms with Gasteiger partial charge >= 0.3 is 6.09 Å². The summed E-state index contributed by atoms with van der Waals surface area (Å²) < 4.78 is 28.2. The van der Waals surface area contributed by atoms with E-state index >= 15 is 0 Å². The van der Waals surface area contributed by atoms with Crippen LogP contribution in [0.1, 0.15) is 22.5 Å². The number of amides is 2. The Morgan fingerprint density at radius 1 is 1.33 bits per heavy atom. The topological polar surface area (TPSA) is 84.0 Å². The molecule has 0 saturated carbocycles. The number of halogens is 1. The average molecular weight is 393 g/mol. The first-order chi connectivity index (χ1) is 11.3. The molecule has 2 amide bonds. The van der Waals surface area contributed by atoms with Crippen molar-refractivity contribution < 1.29 is 22.7 Å². The number of rotatable bonds is 3. The molecule has 0 N–H and O–H groups in total. The summed E-state index contributed by atoms with van der Waals surface area (Å²) in [6.07, 6.45) is 2.11. The predicted molar refractivity (Wildman–Crippen MR) is 89.4 cm³/mol. The second-order valence-corrected chi connectivity index (χ2v) is 9.09. The van der Waals surface area contributed by atoms with Crippen molar-refractivity contribution in [3.8, 4) is 0 Å². The molecular formula is C14H17ClN2O5S2. The van der Waals surface area contributed by atoms with Crippen LogP contribution < -0.4 is 0 Å². The number of sulfone groups is 1. The predicted octanol–water partition coefficient (Wildman–Crippen LogP) is 1.86. The van der Waals surface area contributed by atoms with Crippen molar-refractivity contribution in [1.82, 2.24) is 9.80 Å². The molecule has 0 unspecified atom stereocenters. The Hall–Kier alpha value is -1.32. The smallest absolute Gasteiger partial charge is 0.410 e. The number of piperidine rings is 1. The first kappa shape index (κ1) is 17.5. The van der Waals surface area contributed by atoms with E-state index in [1.54, 1.807) is 9.80 Å². The lowest BCUT2D eigenvalue weighted by molar-refractivity contribution is 0.0663. The quantitative estimate of drug-likeness (QED) is 0.783. The maximum atomic E-state index is 12.6. The molecule has 2 fully saturated rings. The maximum Gasteiger partial charge on any atom is 0.410 e. The molecule has 0 aromatic carbocycles. The van der Waals surface area contributed by atoms with Gasteiger partial charge in [0, 0.05) is 30.8 Å². The van der Waals surface area contributed by atoms with Crippen molar-refractivity contribution in [2.45, 2.75) is 23.8 Å². The average Bonchev–Trinajstić information content (AvgIpc) is 3.12. The van der Waals surface area contributed by atoms with Crippen LogP contribution in [0, 0.1) is 0 Å². The standard InChI is InChI=1S/C14H17ClN2O5S2/c1-24(20,21)10-8-23-12(11(10)15)13(18)16-4-2-9(3-5-16)17-6-7-22-14(17)19/h8-9H,2-7H2,1H3. The number of nitrogens with zero attached hydrogens (tertiary/aromatic N) is 2. The lowest BCUT2D eigenvalue weighted by Gasteiger charge is -2.35. The Balaban J connectivity index is 1.68. The summed E-state index contributed by atoms with van der Waals surface area (Å²) in [6.45, 7) is 1.99. The molecule has 7 nitrogen and oxygen atoms in total. The number of carbonyl (C=O) groups is 2. The normalized spacial score (nSPS) is 19.7.